The molecule has 1 aliphatic carbocycles. The Bertz CT molecular complexity index is 386. The molecule has 1 aromatic heterocycles. The summed E-state index contributed by atoms with van der Waals surface area (Å²) in [5.74, 6) is 0.841. The Balaban J connectivity index is 2.04. The number of hydrogen-bond donors (Lipinski definition) is 1. The topological polar surface area (TPSA) is 42.0 Å². The first kappa shape index (κ1) is 11.6. The summed E-state index contributed by atoms with van der Waals surface area (Å²) in [4.78, 5) is 17.3. The Morgan fingerprint density at radius 3 is 3.19 bits per heavy atom. The molecule has 0 aliphatic heterocycles. The van der Waals surface area contributed by atoms with Gasteiger partial charge in [0.05, 0.1) is 5.69 Å². The monoisotopic (exact) mass is 238 g/mol. The van der Waals surface area contributed by atoms with Crippen LogP contribution in [-0.4, -0.2) is 10.9 Å². The molecule has 1 aliphatic rings. The number of aryl methyl sites for hydroxylation is 1. The van der Waals surface area contributed by atoms with Crippen LogP contribution in [0, 0.1) is 5.92 Å². The van der Waals surface area contributed by atoms with E-state index >= 15 is 0 Å². The summed E-state index contributed by atoms with van der Waals surface area (Å²) in [5.41, 5.74) is 1.20. The average molecular weight is 238 g/mol. The highest BCUT2D eigenvalue weighted by Gasteiger charge is 2.20. The van der Waals surface area contributed by atoms with Crippen molar-refractivity contribution in [3.63, 3.8) is 0 Å². The molecule has 1 unspecified atom stereocenters. The molecule has 0 aromatic carbocycles. The molecular formula is C12H18N2OS. The van der Waals surface area contributed by atoms with Crippen LogP contribution in [0.5, 0.6) is 0 Å². The molecule has 0 saturated carbocycles. The lowest BCUT2D eigenvalue weighted by molar-refractivity contribution is -0.116. The van der Waals surface area contributed by atoms with E-state index in [1.165, 1.54) is 17.0 Å². The van der Waals surface area contributed by atoms with Crippen LogP contribution in [0.4, 0.5) is 5.13 Å². The van der Waals surface area contributed by atoms with Gasteiger partial charge in [0.25, 0.3) is 0 Å². The number of amides is 1. The Labute approximate surface area is 100 Å². The highest BCUT2D eigenvalue weighted by atomic mass is 32.1. The van der Waals surface area contributed by atoms with E-state index in [1.807, 2.05) is 6.92 Å². The fourth-order valence-electron chi connectivity index (χ4n) is 2.00. The van der Waals surface area contributed by atoms with E-state index in [4.69, 9.17) is 0 Å². The van der Waals surface area contributed by atoms with Gasteiger partial charge >= 0.3 is 0 Å². The molecule has 16 heavy (non-hydrogen) atoms. The number of fused-ring (bicyclic) bond motifs is 1. The normalized spacial score (nSPS) is 19.2. The smallest absolute Gasteiger partial charge is 0.226 e. The van der Waals surface area contributed by atoms with Crippen LogP contribution in [-0.2, 0) is 17.6 Å². The van der Waals surface area contributed by atoms with Gasteiger partial charge in [0.15, 0.2) is 5.13 Å². The van der Waals surface area contributed by atoms with Crippen molar-refractivity contribution < 1.29 is 4.79 Å². The second-order valence-corrected chi connectivity index (χ2v) is 5.62. The third-order valence-electron chi connectivity index (χ3n) is 2.91. The lowest BCUT2D eigenvalue weighted by Crippen LogP contribution is -2.10. The van der Waals surface area contributed by atoms with Crippen molar-refractivity contribution in [2.45, 2.75) is 46.0 Å². The highest BCUT2D eigenvalue weighted by molar-refractivity contribution is 7.15. The van der Waals surface area contributed by atoms with E-state index in [-0.39, 0.29) is 5.91 Å². The Hall–Kier alpha value is -0.900. The summed E-state index contributed by atoms with van der Waals surface area (Å²) in [6, 6.07) is 0. The van der Waals surface area contributed by atoms with Crippen LogP contribution in [0.15, 0.2) is 0 Å². The molecule has 4 heteroatoms. The zero-order chi connectivity index (χ0) is 11.5. The van der Waals surface area contributed by atoms with E-state index in [0.29, 0.717) is 6.42 Å². The van der Waals surface area contributed by atoms with Gasteiger partial charge in [-0.25, -0.2) is 4.98 Å². The molecule has 1 atom stereocenters. The molecular weight excluding hydrogens is 220 g/mol. The number of carbonyl (C=O) groups excluding carboxylic acids is 1. The van der Waals surface area contributed by atoms with Gasteiger partial charge in [-0.15, -0.1) is 11.3 Å². The molecule has 1 heterocycles. The van der Waals surface area contributed by atoms with E-state index < -0.39 is 0 Å². The van der Waals surface area contributed by atoms with Crippen molar-refractivity contribution in [1.29, 1.82) is 0 Å². The maximum absolute atomic E-state index is 11.4. The number of carbonyl (C=O) groups is 1. The quantitative estimate of drug-likeness (QED) is 0.879. The number of anilines is 1. The van der Waals surface area contributed by atoms with Crippen molar-refractivity contribution in [3.8, 4) is 0 Å². The number of aromatic nitrogens is 1. The fourth-order valence-corrected chi connectivity index (χ4v) is 3.19. The number of thiazole rings is 1. The van der Waals surface area contributed by atoms with E-state index in [0.717, 1.165) is 30.3 Å². The Morgan fingerprint density at radius 1 is 1.62 bits per heavy atom. The van der Waals surface area contributed by atoms with Crippen molar-refractivity contribution in [2.75, 3.05) is 5.32 Å². The standard InChI is InChI=1S/C12H18N2OS/c1-3-4-11(15)14-12-13-9-6-5-8(2)7-10(9)16-12/h8H,3-7H2,1-2H3,(H,13,14,15). The van der Waals surface area contributed by atoms with Crippen LogP contribution >= 0.6 is 11.3 Å². The van der Waals surface area contributed by atoms with E-state index in [2.05, 4.69) is 17.2 Å². The van der Waals surface area contributed by atoms with Crippen molar-refractivity contribution in [2.24, 2.45) is 5.92 Å². The predicted octanol–water partition coefficient (Wildman–Crippen LogP) is 3.01. The molecule has 1 N–H and O–H groups in total. The molecule has 0 fully saturated rings. The SMILES string of the molecule is CCCC(=O)Nc1nc2c(s1)CC(C)CC2. The lowest BCUT2D eigenvalue weighted by Gasteiger charge is -2.15. The summed E-state index contributed by atoms with van der Waals surface area (Å²) >= 11 is 1.65. The maximum Gasteiger partial charge on any atom is 0.226 e. The van der Waals surface area contributed by atoms with Crippen molar-refractivity contribution >= 4 is 22.4 Å². The molecule has 0 bridgehead atoms. The zero-order valence-corrected chi connectivity index (χ0v) is 10.7. The zero-order valence-electron chi connectivity index (χ0n) is 9.88. The number of rotatable bonds is 3. The van der Waals surface area contributed by atoms with Gasteiger partial charge in [-0.1, -0.05) is 13.8 Å². The van der Waals surface area contributed by atoms with Gasteiger partial charge in [0, 0.05) is 11.3 Å². The van der Waals surface area contributed by atoms with Crippen LogP contribution in [0.1, 0.15) is 43.7 Å². The molecule has 0 saturated heterocycles. The number of nitrogens with zero attached hydrogens (tertiary/aromatic N) is 1. The van der Waals surface area contributed by atoms with Gasteiger partial charge in [-0.2, -0.15) is 0 Å². The largest absolute Gasteiger partial charge is 0.302 e. The van der Waals surface area contributed by atoms with Gasteiger partial charge in [0.1, 0.15) is 0 Å². The summed E-state index contributed by atoms with van der Waals surface area (Å²) in [6.07, 6.45) is 4.88. The van der Waals surface area contributed by atoms with E-state index in [9.17, 15) is 4.79 Å². The first-order valence-electron chi connectivity index (χ1n) is 5.97. The minimum Gasteiger partial charge on any atom is -0.302 e. The Morgan fingerprint density at radius 2 is 2.44 bits per heavy atom. The first-order valence-corrected chi connectivity index (χ1v) is 6.79. The molecule has 2 rings (SSSR count). The summed E-state index contributed by atoms with van der Waals surface area (Å²) < 4.78 is 0. The minimum atomic E-state index is 0.0849. The molecule has 0 radical (unpaired) electrons. The van der Waals surface area contributed by atoms with Gasteiger partial charge in [0.2, 0.25) is 5.91 Å². The molecule has 1 amide bonds. The predicted molar refractivity (Wildman–Crippen MR) is 66.8 cm³/mol. The summed E-state index contributed by atoms with van der Waals surface area (Å²) in [5, 5.41) is 3.67. The second kappa shape index (κ2) is 4.95. The molecule has 3 nitrogen and oxygen atoms in total. The van der Waals surface area contributed by atoms with Crippen LogP contribution in [0.25, 0.3) is 0 Å². The average Bonchev–Trinajstić information content (AvgIpc) is 2.59. The summed E-state index contributed by atoms with van der Waals surface area (Å²) in [6.45, 7) is 4.28. The molecule has 88 valence electrons. The second-order valence-electron chi connectivity index (χ2n) is 4.54. The third-order valence-corrected chi connectivity index (χ3v) is 3.94. The van der Waals surface area contributed by atoms with Gasteiger partial charge in [-0.05, 0) is 31.6 Å². The van der Waals surface area contributed by atoms with Crippen LogP contribution in [0.2, 0.25) is 0 Å². The lowest BCUT2D eigenvalue weighted by atomic mass is 9.93. The number of nitrogens with one attached hydrogen (secondary N) is 1. The van der Waals surface area contributed by atoms with E-state index in [1.54, 1.807) is 11.3 Å². The van der Waals surface area contributed by atoms with Crippen LogP contribution < -0.4 is 5.32 Å². The third kappa shape index (κ3) is 2.61. The van der Waals surface area contributed by atoms with Gasteiger partial charge in [-0.3, -0.25) is 4.79 Å². The van der Waals surface area contributed by atoms with Gasteiger partial charge < -0.3 is 5.32 Å². The van der Waals surface area contributed by atoms with Crippen molar-refractivity contribution in [1.82, 2.24) is 4.98 Å². The maximum atomic E-state index is 11.4. The first-order chi connectivity index (χ1) is 7.69. The van der Waals surface area contributed by atoms with Crippen molar-refractivity contribution in [3.05, 3.63) is 10.6 Å². The van der Waals surface area contributed by atoms with Crippen LogP contribution in [0.3, 0.4) is 0 Å². The Kier molecular flexibility index (Phi) is 3.59. The molecule has 0 spiro atoms. The minimum absolute atomic E-state index is 0.0849. The highest BCUT2D eigenvalue weighted by Crippen LogP contribution is 2.32. The molecule has 1 aromatic rings. The summed E-state index contributed by atoms with van der Waals surface area (Å²) in [7, 11) is 0. The fraction of sp³-hybridized carbons (Fsp3) is 0.667. The number of hydrogen-bond acceptors (Lipinski definition) is 3.